The third-order valence-corrected chi connectivity index (χ3v) is 3.63. The van der Waals surface area contributed by atoms with Crippen molar-refractivity contribution in [1.29, 1.82) is 0 Å². The van der Waals surface area contributed by atoms with Crippen LogP contribution in [0.1, 0.15) is 11.6 Å². The first-order valence-electron chi connectivity index (χ1n) is 6.97. The molecule has 0 aliphatic carbocycles. The minimum atomic E-state index is -0.541. The zero-order chi connectivity index (χ0) is 15.5. The van der Waals surface area contributed by atoms with E-state index < -0.39 is 6.10 Å². The number of ether oxygens (including phenoxy) is 3. The summed E-state index contributed by atoms with van der Waals surface area (Å²) in [5.41, 5.74) is 0.915. The molecule has 2 aromatic carbocycles. The van der Waals surface area contributed by atoms with Crippen LogP contribution >= 0.6 is 0 Å². The van der Waals surface area contributed by atoms with Gasteiger partial charge in [-0.2, -0.15) is 0 Å². The summed E-state index contributed by atoms with van der Waals surface area (Å²) in [6.07, 6.45) is -0.541. The molecule has 114 valence electrons. The van der Waals surface area contributed by atoms with Gasteiger partial charge in [-0.05, 0) is 29.8 Å². The average Bonchev–Trinajstić information content (AvgIpc) is 2.58. The van der Waals surface area contributed by atoms with Crippen molar-refractivity contribution < 1.29 is 19.0 Å². The average molecular weight is 299 g/mol. The Balaban J connectivity index is 1.81. The van der Waals surface area contributed by atoms with E-state index in [4.69, 9.17) is 14.2 Å². The maximum atomic E-state index is 11.8. The Labute approximate surface area is 128 Å². The van der Waals surface area contributed by atoms with E-state index in [1.54, 1.807) is 14.2 Å². The van der Waals surface area contributed by atoms with Gasteiger partial charge in [-0.3, -0.25) is 4.79 Å². The lowest BCUT2D eigenvalue weighted by Crippen LogP contribution is -2.58. The van der Waals surface area contributed by atoms with E-state index in [2.05, 4.69) is 5.32 Å². The minimum absolute atomic E-state index is 0.122. The van der Waals surface area contributed by atoms with Crippen LogP contribution in [0.15, 0.2) is 48.5 Å². The van der Waals surface area contributed by atoms with Crippen molar-refractivity contribution in [3.63, 3.8) is 0 Å². The van der Waals surface area contributed by atoms with Crippen molar-refractivity contribution in [2.75, 3.05) is 14.2 Å². The second kappa shape index (κ2) is 5.97. The van der Waals surface area contributed by atoms with Crippen LogP contribution < -0.4 is 19.5 Å². The highest BCUT2D eigenvalue weighted by molar-refractivity contribution is 5.89. The predicted octanol–water partition coefficient (Wildman–Crippen LogP) is 2.32. The summed E-state index contributed by atoms with van der Waals surface area (Å²) >= 11 is 0. The van der Waals surface area contributed by atoms with Crippen LogP contribution in [-0.2, 0) is 4.79 Å². The lowest BCUT2D eigenvalue weighted by Gasteiger charge is -2.37. The van der Waals surface area contributed by atoms with Crippen molar-refractivity contribution >= 4 is 5.91 Å². The number of hydrogen-bond donors (Lipinski definition) is 1. The standard InChI is InChI=1S/C17H17NO4/c1-20-13-9-8-11(10-14(13)21-2)15-16(17(19)18-15)22-12-6-4-3-5-7-12/h3-10,15-16H,1-2H3,(H,18,19). The molecule has 2 atom stereocenters. The van der Waals surface area contributed by atoms with E-state index in [1.165, 1.54) is 0 Å². The van der Waals surface area contributed by atoms with Crippen molar-refractivity contribution in [3.05, 3.63) is 54.1 Å². The highest BCUT2D eigenvalue weighted by Gasteiger charge is 2.42. The van der Waals surface area contributed by atoms with Gasteiger partial charge in [0, 0.05) is 0 Å². The molecule has 1 aliphatic heterocycles. The quantitative estimate of drug-likeness (QED) is 0.861. The number of rotatable bonds is 5. The van der Waals surface area contributed by atoms with E-state index in [-0.39, 0.29) is 11.9 Å². The zero-order valence-electron chi connectivity index (χ0n) is 12.4. The fourth-order valence-electron chi connectivity index (χ4n) is 2.44. The molecule has 0 spiro atoms. The molecule has 22 heavy (non-hydrogen) atoms. The molecule has 3 rings (SSSR count). The first-order chi connectivity index (χ1) is 10.7. The molecule has 1 N–H and O–H groups in total. The Morgan fingerprint density at radius 3 is 2.32 bits per heavy atom. The molecule has 1 aliphatic rings. The summed E-state index contributed by atoms with van der Waals surface area (Å²) in [7, 11) is 3.17. The number of methoxy groups -OCH3 is 2. The fraction of sp³-hybridized carbons (Fsp3) is 0.235. The molecule has 2 unspecified atom stereocenters. The summed E-state index contributed by atoms with van der Waals surface area (Å²) in [6.45, 7) is 0. The van der Waals surface area contributed by atoms with Gasteiger partial charge in [0.1, 0.15) is 11.8 Å². The summed E-state index contributed by atoms with van der Waals surface area (Å²) in [6, 6.07) is 14.7. The van der Waals surface area contributed by atoms with Crippen molar-refractivity contribution in [3.8, 4) is 17.2 Å². The molecule has 1 heterocycles. The van der Waals surface area contributed by atoms with Crippen LogP contribution in [0.4, 0.5) is 0 Å². The Morgan fingerprint density at radius 1 is 0.955 bits per heavy atom. The lowest BCUT2D eigenvalue weighted by atomic mass is 9.93. The van der Waals surface area contributed by atoms with Crippen molar-refractivity contribution in [2.24, 2.45) is 0 Å². The summed E-state index contributed by atoms with van der Waals surface area (Å²) in [4.78, 5) is 11.8. The van der Waals surface area contributed by atoms with Gasteiger partial charge in [0.25, 0.3) is 5.91 Å². The molecule has 0 saturated carbocycles. The fourth-order valence-corrected chi connectivity index (χ4v) is 2.44. The molecule has 1 fully saturated rings. The second-order valence-corrected chi connectivity index (χ2v) is 4.95. The van der Waals surface area contributed by atoms with Crippen LogP contribution in [-0.4, -0.2) is 26.2 Å². The number of carbonyl (C=O) groups excluding carboxylic acids is 1. The van der Waals surface area contributed by atoms with Crippen LogP contribution in [0.5, 0.6) is 17.2 Å². The van der Waals surface area contributed by atoms with Gasteiger partial charge >= 0.3 is 0 Å². The van der Waals surface area contributed by atoms with E-state index in [9.17, 15) is 4.79 Å². The highest BCUT2D eigenvalue weighted by Crippen LogP contribution is 2.34. The Bertz CT molecular complexity index is 672. The largest absolute Gasteiger partial charge is 0.493 e. The van der Waals surface area contributed by atoms with Crippen molar-refractivity contribution in [2.45, 2.75) is 12.1 Å². The minimum Gasteiger partial charge on any atom is -0.493 e. The molecule has 0 radical (unpaired) electrons. The Hall–Kier alpha value is -2.69. The molecule has 0 aromatic heterocycles. The molecule has 5 nitrogen and oxygen atoms in total. The maximum Gasteiger partial charge on any atom is 0.264 e. The number of benzene rings is 2. The smallest absolute Gasteiger partial charge is 0.264 e. The van der Waals surface area contributed by atoms with Crippen LogP contribution in [0, 0.1) is 0 Å². The van der Waals surface area contributed by atoms with Gasteiger partial charge in [0.05, 0.1) is 14.2 Å². The molecule has 2 aromatic rings. The predicted molar refractivity (Wildman–Crippen MR) is 81.3 cm³/mol. The molecule has 5 heteroatoms. The van der Waals surface area contributed by atoms with E-state index in [0.717, 1.165) is 5.56 Å². The number of amides is 1. The Morgan fingerprint density at radius 2 is 1.68 bits per heavy atom. The molecule has 1 saturated heterocycles. The second-order valence-electron chi connectivity index (χ2n) is 4.95. The van der Waals surface area contributed by atoms with Gasteiger partial charge in [-0.1, -0.05) is 24.3 Å². The summed E-state index contributed by atoms with van der Waals surface area (Å²) < 4.78 is 16.3. The molecular formula is C17H17NO4. The van der Waals surface area contributed by atoms with Crippen LogP contribution in [0.2, 0.25) is 0 Å². The van der Waals surface area contributed by atoms with E-state index in [1.807, 2.05) is 48.5 Å². The maximum absolute atomic E-state index is 11.8. The van der Waals surface area contributed by atoms with Gasteiger partial charge in [-0.25, -0.2) is 0 Å². The summed E-state index contributed by atoms with van der Waals surface area (Å²) in [5.74, 6) is 1.83. The number of para-hydroxylation sites is 1. The van der Waals surface area contributed by atoms with Crippen LogP contribution in [0.3, 0.4) is 0 Å². The van der Waals surface area contributed by atoms with Gasteiger partial charge < -0.3 is 19.5 Å². The first-order valence-corrected chi connectivity index (χ1v) is 6.97. The monoisotopic (exact) mass is 299 g/mol. The van der Waals surface area contributed by atoms with E-state index in [0.29, 0.717) is 17.2 Å². The molecule has 0 bridgehead atoms. The SMILES string of the molecule is COc1ccc(C2NC(=O)C2Oc2ccccc2)cc1OC. The van der Waals surface area contributed by atoms with Gasteiger partial charge in [0.15, 0.2) is 11.5 Å². The van der Waals surface area contributed by atoms with Crippen LogP contribution in [0.25, 0.3) is 0 Å². The zero-order valence-corrected chi connectivity index (χ0v) is 12.4. The highest BCUT2D eigenvalue weighted by atomic mass is 16.5. The first kappa shape index (κ1) is 14.3. The molecular weight excluding hydrogens is 282 g/mol. The topological polar surface area (TPSA) is 56.8 Å². The van der Waals surface area contributed by atoms with Gasteiger partial charge in [0.2, 0.25) is 6.10 Å². The Kier molecular flexibility index (Phi) is 3.87. The lowest BCUT2D eigenvalue weighted by molar-refractivity contribution is -0.140. The molecule has 1 amide bonds. The summed E-state index contributed by atoms with van der Waals surface area (Å²) in [5, 5.41) is 2.86. The van der Waals surface area contributed by atoms with Gasteiger partial charge in [-0.15, -0.1) is 0 Å². The number of β-lactam (4-membered cyclic amide) rings is 1. The third-order valence-electron chi connectivity index (χ3n) is 3.63. The van der Waals surface area contributed by atoms with E-state index >= 15 is 0 Å². The number of carbonyl (C=O) groups is 1. The number of hydrogen-bond acceptors (Lipinski definition) is 4. The van der Waals surface area contributed by atoms with Crippen molar-refractivity contribution in [1.82, 2.24) is 5.32 Å². The normalized spacial score (nSPS) is 19.8. The third kappa shape index (κ3) is 2.57. The number of nitrogens with one attached hydrogen (secondary N) is 1.